The van der Waals surface area contributed by atoms with Gasteiger partial charge in [-0.1, -0.05) is 30.7 Å². The van der Waals surface area contributed by atoms with Gasteiger partial charge in [-0.3, -0.25) is 4.79 Å². The molecule has 0 bridgehead atoms. The van der Waals surface area contributed by atoms with Gasteiger partial charge in [0.25, 0.3) is 10.0 Å². The standard InChI is InChI=1S/C16H21N3O3S2/c1-12-6-7-14-13(10-12)17-16(18-24(14,21)22)23-11-15(20)19-8-4-2-3-5-9-19/h6-7,10H,2-5,8-9,11H2,1H3,(H,17,18). The third-order valence-corrected chi connectivity index (χ3v) is 6.46. The van der Waals surface area contributed by atoms with Gasteiger partial charge in [0.1, 0.15) is 4.90 Å². The van der Waals surface area contributed by atoms with E-state index in [4.69, 9.17) is 0 Å². The second-order valence-corrected chi connectivity index (χ2v) is 8.62. The number of benzene rings is 1. The number of aryl methyl sites for hydroxylation is 1. The molecule has 0 atom stereocenters. The quantitative estimate of drug-likeness (QED) is 0.869. The third-order valence-electron chi connectivity index (χ3n) is 4.15. The Balaban J connectivity index is 1.68. The number of fused-ring (bicyclic) bond motifs is 1. The molecule has 0 radical (unpaired) electrons. The predicted octanol–water partition coefficient (Wildman–Crippen LogP) is 2.60. The van der Waals surface area contributed by atoms with Crippen LogP contribution in [0.25, 0.3) is 0 Å². The molecule has 2 heterocycles. The number of nitrogens with one attached hydrogen (secondary N) is 1. The van der Waals surface area contributed by atoms with E-state index in [1.54, 1.807) is 18.2 Å². The normalized spacial score (nSPS) is 19.7. The van der Waals surface area contributed by atoms with Gasteiger partial charge in [0, 0.05) is 13.1 Å². The van der Waals surface area contributed by atoms with Crippen LogP contribution in [0.2, 0.25) is 0 Å². The van der Waals surface area contributed by atoms with Crippen molar-refractivity contribution in [3.8, 4) is 0 Å². The Bertz CT molecular complexity index is 767. The molecule has 0 aromatic heterocycles. The van der Waals surface area contributed by atoms with Gasteiger partial charge in [0.2, 0.25) is 5.91 Å². The number of nitrogens with zero attached hydrogens (tertiary/aromatic N) is 2. The lowest BCUT2D eigenvalue weighted by molar-refractivity contribution is -0.128. The summed E-state index contributed by atoms with van der Waals surface area (Å²) in [6, 6.07) is 5.08. The van der Waals surface area contributed by atoms with E-state index in [0.717, 1.165) is 43.3 Å². The van der Waals surface area contributed by atoms with Crippen molar-refractivity contribution < 1.29 is 13.2 Å². The minimum atomic E-state index is -3.71. The first-order valence-electron chi connectivity index (χ1n) is 8.09. The zero-order chi connectivity index (χ0) is 17.2. The SMILES string of the molecule is Cc1ccc2c(c1)NC(SCC(=O)N1CCCCCC1)=NS2(=O)=O. The predicted molar refractivity (Wildman–Crippen MR) is 96.9 cm³/mol. The fraction of sp³-hybridized carbons (Fsp3) is 0.500. The number of likely N-dealkylation sites (tertiary alicyclic amines) is 1. The maximum Gasteiger partial charge on any atom is 0.286 e. The molecule has 3 rings (SSSR count). The highest BCUT2D eigenvalue weighted by molar-refractivity contribution is 8.15. The van der Waals surface area contributed by atoms with Gasteiger partial charge >= 0.3 is 0 Å². The van der Waals surface area contributed by atoms with E-state index in [1.807, 2.05) is 11.8 Å². The summed E-state index contributed by atoms with van der Waals surface area (Å²) in [5.74, 6) is 0.238. The van der Waals surface area contributed by atoms with E-state index in [-0.39, 0.29) is 21.7 Å². The van der Waals surface area contributed by atoms with Crippen LogP contribution in [0.15, 0.2) is 27.5 Å². The van der Waals surface area contributed by atoms with Gasteiger partial charge in [0.05, 0.1) is 11.4 Å². The monoisotopic (exact) mass is 367 g/mol. The molecule has 1 amide bonds. The Hall–Kier alpha value is -1.54. The zero-order valence-electron chi connectivity index (χ0n) is 13.6. The molecule has 1 N–H and O–H groups in total. The molecule has 8 heteroatoms. The summed E-state index contributed by atoms with van der Waals surface area (Å²) < 4.78 is 28.3. The van der Waals surface area contributed by atoms with Gasteiger partial charge in [-0.05, 0) is 37.5 Å². The van der Waals surface area contributed by atoms with Crippen LogP contribution in [-0.4, -0.2) is 43.2 Å². The number of thioether (sulfide) groups is 1. The van der Waals surface area contributed by atoms with E-state index >= 15 is 0 Å². The molecule has 0 aliphatic carbocycles. The molecule has 0 saturated carbocycles. The maximum atomic E-state index is 12.3. The zero-order valence-corrected chi connectivity index (χ0v) is 15.3. The first-order valence-corrected chi connectivity index (χ1v) is 10.5. The molecular weight excluding hydrogens is 346 g/mol. The van der Waals surface area contributed by atoms with E-state index in [0.29, 0.717) is 5.69 Å². The summed E-state index contributed by atoms with van der Waals surface area (Å²) in [5, 5.41) is 3.29. The smallest absolute Gasteiger partial charge is 0.286 e. The summed E-state index contributed by atoms with van der Waals surface area (Å²) in [7, 11) is -3.71. The molecule has 2 aliphatic heterocycles. The number of anilines is 1. The van der Waals surface area contributed by atoms with Crippen LogP contribution in [0, 0.1) is 6.92 Å². The minimum absolute atomic E-state index is 0.0406. The van der Waals surface area contributed by atoms with Crippen molar-refractivity contribution >= 4 is 38.5 Å². The fourth-order valence-electron chi connectivity index (χ4n) is 2.87. The van der Waals surface area contributed by atoms with E-state index in [1.165, 1.54) is 12.8 Å². The van der Waals surface area contributed by atoms with Crippen molar-refractivity contribution in [2.75, 3.05) is 24.2 Å². The molecule has 1 aromatic rings. The summed E-state index contributed by atoms with van der Waals surface area (Å²) >= 11 is 1.15. The van der Waals surface area contributed by atoms with Gasteiger partial charge in [0.15, 0.2) is 5.17 Å². The molecule has 6 nitrogen and oxygen atoms in total. The molecular formula is C16H21N3O3S2. The number of amidine groups is 1. The number of carbonyl (C=O) groups excluding carboxylic acids is 1. The summed E-state index contributed by atoms with van der Waals surface area (Å²) in [6.45, 7) is 3.48. The van der Waals surface area contributed by atoms with Crippen LogP contribution >= 0.6 is 11.8 Å². The Kier molecular flexibility index (Phi) is 5.15. The highest BCUT2D eigenvalue weighted by Crippen LogP contribution is 2.30. The average molecular weight is 367 g/mol. The number of hydrogen-bond donors (Lipinski definition) is 1. The van der Waals surface area contributed by atoms with Crippen LogP contribution in [0.5, 0.6) is 0 Å². The van der Waals surface area contributed by atoms with Crippen LogP contribution in [-0.2, 0) is 14.8 Å². The summed E-state index contributed by atoms with van der Waals surface area (Å²) in [6.07, 6.45) is 4.41. The first-order chi connectivity index (χ1) is 11.5. The molecule has 0 unspecified atom stereocenters. The maximum absolute atomic E-state index is 12.3. The Morgan fingerprint density at radius 3 is 2.67 bits per heavy atom. The van der Waals surface area contributed by atoms with Crippen LogP contribution < -0.4 is 5.32 Å². The molecule has 1 saturated heterocycles. The van der Waals surface area contributed by atoms with E-state index < -0.39 is 10.0 Å². The molecule has 0 spiro atoms. The lowest BCUT2D eigenvalue weighted by Gasteiger charge is -2.21. The Morgan fingerprint density at radius 2 is 1.96 bits per heavy atom. The Morgan fingerprint density at radius 1 is 1.25 bits per heavy atom. The summed E-state index contributed by atoms with van der Waals surface area (Å²) in [5.41, 5.74) is 1.48. The largest absolute Gasteiger partial charge is 0.342 e. The van der Waals surface area contributed by atoms with Crippen molar-refractivity contribution in [3.05, 3.63) is 23.8 Å². The number of sulfonamides is 1. The molecule has 130 valence electrons. The van der Waals surface area contributed by atoms with Crippen LogP contribution in [0.3, 0.4) is 0 Å². The van der Waals surface area contributed by atoms with Gasteiger partial charge in [-0.15, -0.1) is 4.40 Å². The van der Waals surface area contributed by atoms with Crippen molar-refractivity contribution in [1.29, 1.82) is 0 Å². The Labute approximate surface area is 146 Å². The fourth-order valence-corrected chi connectivity index (χ4v) is 4.99. The van der Waals surface area contributed by atoms with Gasteiger partial charge in [-0.2, -0.15) is 8.42 Å². The van der Waals surface area contributed by atoms with Crippen molar-refractivity contribution in [2.24, 2.45) is 4.40 Å². The number of amides is 1. The van der Waals surface area contributed by atoms with E-state index in [2.05, 4.69) is 9.71 Å². The highest BCUT2D eigenvalue weighted by atomic mass is 32.2. The van der Waals surface area contributed by atoms with Crippen molar-refractivity contribution in [2.45, 2.75) is 37.5 Å². The minimum Gasteiger partial charge on any atom is -0.342 e. The van der Waals surface area contributed by atoms with Crippen LogP contribution in [0.4, 0.5) is 5.69 Å². The van der Waals surface area contributed by atoms with Crippen LogP contribution in [0.1, 0.15) is 31.2 Å². The average Bonchev–Trinajstić information content (AvgIpc) is 2.80. The third kappa shape index (κ3) is 3.92. The van der Waals surface area contributed by atoms with Gasteiger partial charge in [-0.25, -0.2) is 0 Å². The molecule has 1 aromatic carbocycles. The second kappa shape index (κ2) is 7.14. The first kappa shape index (κ1) is 17.3. The topological polar surface area (TPSA) is 78.8 Å². The second-order valence-electron chi connectivity index (χ2n) is 6.08. The van der Waals surface area contributed by atoms with E-state index in [9.17, 15) is 13.2 Å². The van der Waals surface area contributed by atoms with Gasteiger partial charge < -0.3 is 10.2 Å². The number of rotatable bonds is 2. The lowest BCUT2D eigenvalue weighted by Crippen LogP contribution is -2.34. The lowest BCUT2D eigenvalue weighted by atomic mass is 10.2. The molecule has 24 heavy (non-hydrogen) atoms. The van der Waals surface area contributed by atoms with Crippen molar-refractivity contribution in [1.82, 2.24) is 4.90 Å². The number of carbonyl (C=O) groups is 1. The van der Waals surface area contributed by atoms with Crippen molar-refractivity contribution in [3.63, 3.8) is 0 Å². The molecule has 2 aliphatic rings. The summed E-state index contributed by atoms with van der Waals surface area (Å²) in [4.78, 5) is 14.4. The molecule has 1 fully saturated rings. The highest BCUT2D eigenvalue weighted by Gasteiger charge is 2.26. The number of hydrogen-bond acceptors (Lipinski definition) is 5.